The van der Waals surface area contributed by atoms with Crippen LogP contribution in [0.1, 0.15) is 72.2 Å². The fourth-order valence-electron chi connectivity index (χ4n) is 7.93. The summed E-state index contributed by atoms with van der Waals surface area (Å²) in [5.41, 5.74) is 24.4. The molecule has 4 aliphatic heterocycles. The molecule has 6 aromatic rings. The van der Waals surface area contributed by atoms with Crippen LogP contribution in [0.5, 0.6) is 0 Å². The van der Waals surface area contributed by atoms with Gasteiger partial charge < -0.3 is 5.11 Å². The van der Waals surface area contributed by atoms with Crippen LogP contribution in [0.25, 0.3) is 22.3 Å². The molecule has 10 rings (SSSR count). The molecule has 4 aliphatic rings. The molecule has 4 radical (unpaired) electrons. The molecule has 0 bridgehead atoms. The van der Waals surface area contributed by atoms with E-state index in [2.05, 4.69) is 203 Å². The molecule has 8 nitrogen and oxygen atoms in total. The van der Waals surface area contributed by atoms with E-state index in [0.717, 1.165) is 59.9 Å². The molecule has 69 heavy (non-hydrogen) atoms. The quantitative estimate of drug-likeness (QED) is 0.0461. The van der Waals surface area contributed by atoms with Crippen molar-refractivity contribution in [1.82, 2.24) is 0 Å². The van der Waals surface area contributed by atoms with Crippen LogP contribution in [-0.2, 0) is 72.0 Å². The van der Waals surface area contributed by atoms with E-state index < -0.39 is 18.5 Å². The minimum atomic E-state index is -2.03. The Hall–Kier alpha value is -3.36. The van der Waals surface area contributed by atoms with Crippen molar-refractivity contribution < 1.29 is 56.3 Å². The van der Waals surface area contributed by atoms with E-state index in [0.29, 0.717) is 12.2 Å². The molecule has 2 N–H and O–H groups in total. The first kappa shape index (κ1) is 58.2. The molecule has 0 saturated heterocycles. The van der Waals surface area contributed by atoms with Crippen LogP contribution in [0.2, 0.25) is 0 Å². The Morgan fingerprint density at radius 1 is 0.536 bits per heavy atom. The number of allylic oxidation sites excluding steroid dienone is 2. The van der Waals surface area contributed by atoms with E-state index in [-0.39, 0.29) is 32.6 Å². The molecule has 0 amide bonds. The summed E-state index contributed by atoms with van der Waals surface area (Å²) < 4.78 is 17.0. The number of ketones is 1. The Kier molecular flexibility index (Phi) is 24.7. The summed E-state index contributed by atoms with van der Waals surface area (Å²) in [6, 6.07) is 43.8. The third-order valence-electron chi connectivity index (χ3n) is 10.9. The van der Waals surface area contributed by atoms with E-state index in [9.17, 15) is 0 Å². The van der Waals surface area contributed by atoms with Crippen molar-refractivity contribution in [3.8, 4) is 22.3 Å². The molecule has 4 heterocycles. The number of aryl methyl sites for hydroxylation is 2. The van der Waals surface area contributed by atoms with Gasteiger partial charge in [-0.25, -0.2) is 0 Å². The summed E-state index contributed by atoms with van der Waals surface area (Å²) in [5, 5.41) is 8.40. The van der Waals surface area contributed by atoms with Crippen molar-refractivity contribution in [3.63, 3.8) is 0 Å². The van der Waals surface area contributed by atoms with Crippen LogP contribution in [-0.4, -0.2) is 53.7 Å². The topological polar surface area (TPSA) is 125 Å². The number of fused-ring (bicyclic) bond motifs is 4. The van der Waals surface area contributed by atoms with Crippen LogP contribution in [0, 0.1) is 13.8 Å². The van der Waals surface area contributed by atoms with Gasteiger partial charge in [-0.15, -0.1) is 12.2 Å². The normalized spacial score (nSPS) is 13.2. The molecule has 0 aromatic heterocycles. The molecule has 0 saturated carbocycles. The monoisotopic (exact) mass is 1340 g/mol. The molecule has 348 valence electrons. The summed E-state index contributed by atoms with van der Waals surface area (Å²) >= 11 is 2.16. The van der Waals surface area contributed by atoms with Gasteiger partial charge in [0.15, 0.2) is 0 Å². The van der Waals surface area contributed by atoms with Crippen LogP contribution in [0.3, 0.4) is 0 Å². The molecular weight excluding hydrogens is 1290 g/mol. The van der Waals surface area contributed by atoms with E-state index in [1.165, 1.54) is 98.1 Å². The number of halogens is 2. The van der Waals surface area contributed by atoms with Gasteiger partial charge in [0.05, 0.1) is 52.9 Å². The van der Waals surface area contributed by atoms with Gasteiger partial charge in [-0.1, -0.05) is 140 Å². The average molecular weight is 1340 g/mol. The first-order valence-corrected chi connectivity index (χ1v) is 31.5. The molecule has 6 aromatic carbocycles. The van der Waals surface area contributed by atoms with Crippen molar-refractivity contribution in [2.75, 3.05) is 0 Å². The second-order valence-electron chi connectivity index (χ2n) is 16.3. The maximum absolute atomic E-state index is 8.50. The van der Waals surface area contributed by atoms with Crippen molar-refractivity contribution in [3.05, 3.63) is 178 Å². The standard InChI is InChI=1S/2C24H20N2.C5H8O2.2BHIP.2Mo.2O/c2*1-15-3-5-17(6-4-15)23-14-20-8-7-19(13-24(20)26-23)18-9-10-22-21(12-18)11-16(2)25-22;1-4(6)3-5(2)7;2*1-3-2;;;;/h2*3-10,12-13H,11,14H2,1-2H3;3,6H,1-2H3;2*3H;;;;/p+1. The number of hydrogen-bond donors (Lipinski definition) is 1. The SMILES string of the molecule is CC(=[OH+])C=C(C)O.CC1=Nc2ccc(-c3ccc4c(c3)N=C(c3ccc(C)cc3)C4)cc2C1.CC1=Nc2ccc(-c3ccc4c(c3)N=C(c3ccc(C)cc3)C4)cc2C1.[B]PI.[B]PI.[Mo].[O]=[Mo]=[O]. The number of aliphatic imine (C=N–C) groups is 4. The van der Waals surface area contributed by atoms with Crippen LogP contribution in [0.4, 0.5) is 22.7 Å². The molecule has 16 heteroatoms. The van der Waals surface area contributed by atoms with E-state index in [1.807, 2.05) is 0 Å². The fraction of sp³-hybridized carbons (Fsp3) is 0.189. The van der Waals surface area contributed by atoms with Gasteiger partial charge in [-0.2, -0.15) is 0 Å². The molecule has 0 fully saturated rings. The van der Waals surface area contributed by atoms with Crippen molar-refractivity contribution in [2.24, 2.45) is 20.0 Å². The summed E-state index contributed by atoms with van der Waals surface area (Å²) in [4.78, 5) is 27.4. The fourth-order valence-corrected chi connectivity index (χ4v) is 7.93. The second-order valence-corrected chi connectivity index (χ2v) is 20.8. The van der Waals surface area contributed by atoms with Gasteiger partial charge in [0.2, 0.25) is 0 Å². The Bertz CT molecular complexity index is 2790. The number of aliphatic hydroxyl groups is 1. The zero-order valence-corrected chi connectivity index (χ0v) is 49.5. The van der Waals surface area contributed by atoms with E-state index >= 15 is 0 Å². The van der Waals surface area contributed by atoms with Crippen LogP contribution >= 0.6 is 56.3 Å². The first-order valence-electron chi connectivity index (χ1n) is 21.5. The van der Waals surface area contributed by atoms with Gasteiger partial charge in [-0.3, -0.25) is 24.8 Å². The predicted octanol–water partition coefficient (Wildman–Crippen LogP) is 14.9. The summed E-state index contributed by atoms with van der Waals surface area (Å²) in [5.74, 6) is 0.250. The number of benzene rings is 6. The average Bonchev–Trinajstić information content (AvgIpc) is 4.10. The predicted molar refractivity (Wildman–Crippen MR) is 305 cm³/mol. The summed E-state index contributed by atoms with van der Waals surface area (Å²) in [6.07, 6.45) is 6.13. The summed E-state index contributed by atoms with van der Waals surface area (Å²) in [7, 11) is 9.72. The van der Waals surface area contributed by atoms with Crippen molar-refractivity contribution in [2.45, 2.75) is 67.2 Å². The van der Waals surface area contributed by atoms with Gasteiger partial charge in [-0.05, 0) is 127 Å². The third kappa shape index (κ3) is 17.4. The second kappa shape index (κ2) is 29.2. The Morgan fingerprint density at radius 2 is 0.855 bits per heavy atom. The number of rotatable bonds is 5. The Labute approximate surface area is 461 Å². The molecular formula is C53H51B2I2Mo2N4O4P2+. The van der Waals surface area contributed by atoms with Gasteiger partial charge in [0.25, 0.3) is 0 Å². The number of carbonyl (C=O) groups excluding carboxylic acids is 1. The third-order valence-corrected chi connectivity index (χ3v) is 10.9. The molecule has 2 unspecified atom stereocenters. The summed E-state index contributed by atoms with van der Waals surface area (Å²) in [6.45, 7) is 11.4. The van der Waals surface area contributed by atoms with Gasteiger partial charge in [0, 0.05) is 58.2 Å². The first-order chi connectivity index (χ1) is 32.7. The Morgan fingerprint density at radius 3 is 1.17 bits per heavy atom. The molecule has 0 spiro atoms. The zero-order chi connectivity index (χ0) is 49.3. The maximum atomic E-state index is 8.50. The minimum absolute atomic E-state index is 0. The van der Waals surface area contributed by atoms with Crippen LogP contribution in [0.15, 0.2) is 153 Å². The zero-order valence-electron chi connectivity index (χ0n) is 39.2. The van der Waals surface area contributed by atoms with Gasteiger partial charge >= 0.3 is 31.1 Å². The van der Waals surface area contributed by atoms with Gasteiger partial charge in [0.1, 0.15) is 15.1 Å². The van der Waals surface area contributed by atoms with Crippen molar-refractivity contribution >= 4 is 123 Å². The van der Waals surface area contributed by atoms with Crippen LogP contribution < -0.4 is 0 Å². The number of hydrogen-bond acceptors (Lipinski definition) is 7. The van der Waals surface area contributed by atoms with Crippen molar-refractivity contribution in [1.29, 1.82) is 0 Å². The van der Waals surface area contributed by atoms with E-state index in [1.54, 1.807) is 0 Å². The van der Waals surface area contributed by atoms with E-state index in [4.69, 9.17) is 41.8 Å². The number of nitrogens with zero attached hydrogens (tertiary/aromatic N) is 4. The Balaban J connectivity index is 0.000000228. The molecule has 0 aliphatic carbocycles. The molecule has 2 atom stereocenters. The number of aliphatic hydroxyl groups excluding tert-OH is 1.